The number of ether oxygens (including phenoxy) is 2. The van der Waals surface area contributed by atoms with E-state index in [-0.39, 0.29) is 11.7 Å². The Morgan fingerprint density at radius 3 is 2.04 bits per heavy atom. The van der Waals surface area contributed by atoms with Crippen molar-refractivity contribution in [2.24, 2.45) is 0 Å². The minimum Gasteiger partial charge on any atom is -0.497 e. The van der Waals surface area contributed by atoms with Crippen LogP contribution in [-0.4, -0.2) is 55.4 Å². The Kier molecular flexibility index (Phi) is 6.08. The Balaban J connectivity index is 1.50. The molecule has 0 atom stereocenters. The van der Waals surface area contributed by atoms with Crippen molar-refractivity contribution >= 4 is 5.91 Å². The van der Waals surface area contributed by atoms with Crippen molar-refractivity contribution in [2.75, 3.05) is 33.3 Å². The topological polar surface area (TPSA) is 42.0 Å². The Morgan fingerprint density at radius 1 is 0.929 bits per heavy atom. The predicted octanol–water partition coefficient (Wildman–Crippen LogP) is 3.55. The van der Waals surface area contributed by atoms with Crippen LogP contribution in [0.2, 0.25) is 0 Å². The van der Waals surface area contributed by atoms with E-state index in [0.717, 1.165) is 5.56 Å². The number of alkyl halides is 3. The first-order valence-electron chi connectivity index (χ1n) is 8.84. The Morgan fingerprint density at radius 2 is 1.50 bits per heavy atom. The number of carbonyl (C=O) groups is 1. The summed E-state index contributed by atoms with van der Waals surface area (Å²) in [4.78, 5) is 16.5. The molecule has 3 rings (SSSR count). The molecule has 1 fully saturated rings. The normalized spacial score (nSPS) is 15.4. The molecule has 2 aromatic carbocycles. The van der Waals surface area contributed by atoms with E-state index in [1.54, 1.807) is 48.4 Å². The number of benzene rings is 2. The third-order valence-electron chi connectivity index (χ3n) is 4.56. The molecular formula is C20H21F3N2O3. The van der Waals surface area contributed by atoms with E-state index in [1.807, 2.05) is 0 Å². The van der Waals surface area contributed by atoms with Crippen molar-refractivity contribution in [3.05, 3.63) is 59.7 Å². The molecule has 5 nitrogen and oxygen atoms in total. The summed E-state index contributed by atoms with van der Waals surface area (Å²) < 4.78 is 45.6. The molecule has 0 aliphatic carbocycles. The van der Waals surface area contributed by atoms with Crippen LogP contribution in [0, 0.1) is 0 Å². The van der Waals surface area contributed by atoms with Gasteiger partial charge in [0, 0.05) is 38.3 Å². The van der Waals surface area contributed by atoms with Crippen LogP contribution in [0.3, 0.4) is 0 Å². The second kappa shape index (κ2) is 8.52. The highest BCUT2D eigenvalue weighted by Crippen LogP contribution is 2.23. The summed E-state index contributed by atoms with van der Waals surface area (Å²) in [5.41, 5.74) is 1.51. The molecule has 0 spiro atoms. The molecular weight excluding hydrogens is 373 g/mol. The van der Waals surface area contributed by atoms with Gasteiger partial charge in [0.2, 0.25) is 0 Å². The lowest BCUT2D eigenvalue weighted by Crippen LogP contribution is -2.48. The average Bonchev–Trinajstić information content (AvgIpc) is 2.68. The molecule has 8 heteroatoms. The minimum atomic E-state index is -4.69. The molecule has 1 heterocycles. The van der Waals surface area contributed by atoms with Gasteiger partial charge in [0.1, 0.15) is 11.5 Å². The van der Waals surface area contributed by atoms with Crippen LogP contribution < -0.4 is 9.47 Å². The van der Waals surface area contributed by atoms with Gasteiger partial charge in [0.05, 0.1) is 7.11 Å². The summed E-state index contributed by atoms with van der Waals surface area (Å²) in [5, 5.41) is 0. The number of amides is 1. The van der Waals surface area contributed by atoms with E-state index in [1.165, 1.54) is 12.1 Å². The molecule has 0 N–H and O–H groups in total. The van der Waals surface area contributed by atoms with E-state index < -0.39 is 6.36 Å². The molecule has 150 valence electrons. The second-order valence-electron chi connectivity index (χ2n) is 6.49. The number of halogens is 3. The zero-order chi connectivity index (χ0) is 20.1. The summed E-state index contributed by atoms with van der Waals surface area (Å²) in [7, 11) is 1.58. The van der Waals surface area contributed by atoms with Gasteiger partial charge in [-0.3, -0.25) is 9.69 Å². The maximum absolute atomic E-state index is 12.6. The maximum Gasteiger partial charge on any atom is 0.573 e. The quantitative estimate of drug-likeness (QED) is 0.778. The van der Waals surface area contributed by atoms with Crippen molar-refractivity contribution in [1.29, 1.82) is 0 Å². The standard InChI is InChI=1S/C20H21F3N2O3/c1-27-17-8-4-16(5-9-17)19(26)25-12-10-24(11-13-25)14-15-2-6-18(7-3-15)28-20(21,22)23/h2-9H,10-14H2,1H3. The van der Waals surface area contributed by atoms with Crippen LogP contribution in [0.15, 0.2) is 48.5 Å². The Hall–Kier alpha value is -2.74. The minimum absolute atomic E-state index is 0.0176. The number of piperazine rings is 1. The van der Waals surface area contributed by atoms with Crippen LogP contribution in [0.4, 0.5) is 13.2 Å². The molecule has 1 saturated heterocycles. The van der Waals surface area contributed by atoms with E-state index in [4.69, 9.17) is 4.74 Å². The first-order chi connectivity index (χ1) is 13.3. The lowest BCUT2D eigenvalue weighted by Gasteiger charge is -2.34. The number of hydrogen-bond acceptors (Lipinski definition) is 4. The summed E-state index contributed by atoms with van der Waals surface area (Å²) in [6.45, 7) is 3.20. The van der Waals surface area contributed by atoms with Crippen molar-refractivity contribution in [3.8, 4) is 11.5 Å². The first-order valence-corrected chi connectivity index (χ1v) is 8.84. The van der Waals surface area contributed by atoms with Gasteiger partial charge >= 0.3 is 6.36 Å². The van der Waals surface area contributed by atoms with Gasteiger partial charge in [-0.15, -0.1) is 13.2 Å². The zero-order valence-corrected chi connectivity index (χ0v) is 15.4. The third-order valence-corrected chi connectivity index (χ3v) is 4.56. The third kappa shape index (κ3) is 5.39. The fourth-order valence-corrected chi connectivity index (χ4v) is 3.08. The molecule has 2 aromatic rings. The van der Waals surface area contributed by atoms with Gasteiger partial charge in [-0.25, -0.2) is 0 Å². The lowest BCUT2D eigenvalue weighted by atomic mass is 10.1. The predicted molar refractivity (Wildman–Crippen MR) is 97.3 cm³/mol. The summed E-state index contributed by atoms with van der Waals surface area (Å²) in [6.07, 6.45) is -4.69. The first kappa shape index (κ1) is 20.0. The van der Waals surface area contributed by atoms with Crippen molar-refractivity contribution in [1.82, 2.24) is 9.80 Å². The highest BCUT2D eigenvalue weighted by molar-refractivity contribution is 5.94. The van der Waals surface area contributed by atoms with Crippen molar-refractivity contribution in [3.63, 3.8) is 0 Å². The van der Waals surface area contributed by atoms with Crippen LogP contribution >= 0.6 is 0 Å². The van der Waals surface area contributed by atoms with Crippen LogP contribution in [0.25, 0.3) is 0 Å². The highest BCUT2D eigenvalue weighted by atomic mass is 19.4. The van der Waals surface area contributed by atoms with Gasteiger partial charge in [0.25, 0.3) is 5.91 Å². The van der Waals surface area contributed by atoms with Gasteiger partial charge in [-0.05, 0) is 42.0 Å². The van der Waals surface area contributed by atoms with E-state index >= 15 is 0 Å². The van der Waals surface area contributed by atoms with Gasteiger partial charge in [-0.2, -0.15) is 0 Å². The number of rotatable bonds is 5. The van der Waals surface area contributed by atoms with Crippen LogP contribution in [0.1, 0.15) is 15.9 Å². The monoisotopic (exact) mass is 394 g/mol. The highest BCUT2D eigenvalue weighted by Gasteiger charge is 2.31. The fourth-order valence-electron chi connectivity index (χ4n) is 3.08. The molecule has 0 radical (unpaired) electrons. The molecule has 0 bridgehead atoms. The Labute approximate surface area is 161 Å². The van der Waals surface area contributed by atoms with Gasteiger partial charge in [0.15, 0.2) is 0 Å². The number of methoxy groups -OCH3 is 1. The van der Waals surface area contributed by atoms with E-state index in [2.05, 4.69) is 9.64 Å². The molecule has 1 amide bonds. The average molecular weight is 394 g/mol. The van der Waals surface area contributed by atoms with Crippen LogP contribution in [0.5, 0.6) is 11.5 Å². The molecule has 0 unspecified atom stereocenters. The van der Waals surface area contributed by atoms with E-state index in [0.29, 0.717) is 44.0 Å². The number of nitrogens with zero attached hydrogens (tertiary/aromatic N) is 2. The zero-order valence-electron chi connectivity index (χ0n) is 15.4. The van der Waals surface area contributed by atoms with E-state index in [9.17, 15) is 18.0 Å². The summed E-state index contributed by atoms with van der Waals surface area (Å²) >= 11 is 0. The largest absolute Gasteiger partial charge is 0.573 e. The smallest absolute Gasteiger partial charge is 0.497 e. The summed E-state index contributed by atoms with van der Waals surface area (Å²) in [5.74, 6) is 0.454. The molecule has 0 aromatic heterocycles. The molecule has 28 heavy (non-hydrogen) atoms. The number of carbonyl (C=O) groups excluding carboxylic acids is 1. The lowest BCUT2D eigenvalue weighted by molar-refractivity contribution is -0.274. The van der Waals surface area contributed by atoms with Gasteiger partial charge < -0.3 is 14.4 Å². The fraction of sp³-hybridized carbons (Fsp3) is 0.350. The van der Waals surface area contributed by atoms with Crippen molar-refractivity contribution < 1.29 is 27.4 Å². The van der Waals surface area contributed by atoms with Gasteiger partial charge in [-0.1, -0.05) is 12.1 Å². The second-order valence-corrected chi connectivity index (χ2v) is 6.49. The molecule has 0 saturated carbocycles. The van der Waals surface area contributed by atoms with Crippen LogP contribution in [-0.2, 0) is 6.54 Å². The van der Waals surface area contributed by atoms with Crippen molar-refractivity contribution in [2.45, 2.75) is 12.9 Å². The Bertz CT molecular complexity index is 784. The number of hydrogen-bond donors (Lipinski definition) is 0. The SMILES string of the molecule is COc1ccc(C(=O)N2CCN(Cc3ccc(OC(F)(F)F)cc3)CC2)cc1. The summed E-state index contributed by atoms with van der Waals surface area (Å²) in [6, 6.07) is 12.9. The molecule has 1 aliphatic rings. The molecule has 1 aliphatic heterocycles. The maximum atomic E-state index is 12.6.